The van der Waals surface area contributed by atoms with Gasteiger partial charge in [0.05, 0.1) is 11.7 Å². The van der Waals surface area contributed by atoms with Gasteiger partial charge in [-0.05, 0) is 24.6 Å². The first kappa shape index (κ1) is 16.9. The zero-order valence-electron chi connectivity index (χ0n) is 12.1. The van der Waals surface area contributed by atoms with Crippen molar-refractivity contribution >= 4 is 5.91 Å². The Kier molecular flexibility index (Phi) is 4.95. The van der Waals surface area contributed by atoms with Crippen molar-refractivity contribution in [3.63, 3.8) is 0 Å². The average Bonchev–Trinajstić information content (AvgIpc) is 2.51. The Morgan fingerprint density at radius 2 is 2.00 bits per heavy atom. The van der Waals surface area contributed by atoms with Gasteiger partial charge in [0.15, 0.2) is 0 Å². The zero-order chi connectivity index (χ0) is 17.0. The molecule has 122 valence electrons. The van der Waals surface area contributed by atoms with Crippen LogP contribution in [0.15, 0.2) is 36.5 Å². The third-order valence-electron chi connectivity index (χ3n) is 3.09. The van der Waals surface area contributed by atoms with Gasteiger partial charge in [0.2, 0.25) is 0 Å². The number of amides is 1. The number of alkyl halides is 3. The third kappa shape index (κ3) is 4.26. The van der Waals surface area contributed by atoms with Crippen LogP contribution in [0.1, 0.15) is 33.5 Å². The third-order valence-corrected chi connectivity index (χ3v) is 3.09. The van der Waals surface area contributed by atoms with E-state index in [0.29, 0.717) is 5.82 Å². The van der Waals surface area contributed by atoms with Gasteiger partial charge in [-0.25, -0.2) is 9.97 Å². The van der Waals surface area contributed by atoms with Crippen molar-refractivity contribution in [2.75, 3.05) is 6.54 Å². The molecule has 0 radical (unpaired) electrons. The van der Waals surface area contributed by atoms with Crippen molar-refractivity contribution in [3.8, 4) is 0 Å². The highest BCUT2D eigenvalue weighted by atomic mass is 19.4. The zero-order valence-corrected chi connectivity index (χ0v) is 12.1. The number of benzene rings is 1. The minimum Gasteiger partial charge on any atom is -0.387 e. The van der Waals surface area contributed by atoms with Crippen molar-refractivity contribution < 1.29 is 23.1 Å². The summed E-state index contributed by atoms with van der Waals surface area (Å²) < 4.78 is 38.7. The first-order chi connectivity index (χ1) is 10.8. The molecule has 1 amide bonds. The largest absolute Gasteiger partial charge is 0.416 e. The molecular formula is C15H14F3N3O2. The molecular weight excluding hydrogens is 311 g/mol. The lowest BCUT2D eigenvalue weighted by Crippen LogP contribution is -2.30. The summed E-state index contributed by atoms with van der Waals surface area (Å²) in [6, 6.07) is 6.06. The molecule has 1 unspecified atom stereocenters. The van der Waals surface area contributed by atoms with Crippen LogP contribution in [0.5, 0.6) is 0 Å². The number of rotatable bonds is 4. The number of hydrogen-bond donors (Lipinski definition) is 2. The smallest absolute Gasteiger partial charge is 0.387 e. The van der Waals surface area contributed by atoms with Crippen molar-refractivity contribution in [1.29, 1.82) is 0 Å². The van der Waals surface area contributed by atoms with Crippen molar-refractivity contribution in [2.45, 2.75) is 19.2 Å². The number of aliphatic hydroxyl groups is 1. The predicted octanol–water partition coefficient (Wildman–Crippen LogP) is 2.27. The van der Waals surface area contributed by atoms with E-state index in [1.54, 1.807) is 6.92 Å². The van der Waals surface area contributed by atoms with E-state index in [9.17, 15) is 23.1 Å². The molecule has 0 aliphatic rings. The van der Waals surface area contributed by atoms with E-state index in [1.807, 2.05) is 0 Å². The standard InChI is InChI=1S/C15H14F3N3O2/c1-9-19-7-6-12(21-9)14(23)20-8-13(22)10-4-2-3-5-11(10)15(16,17)18/h2-7,13,22H,8H2,1H3,(H,20,23). The minimum atomic E-state index is -4.58. The van der Waals surface area contributed by atoms with E-state index in [1.165, 1.54) is 30.5 Å². The second-order valence-corrected chi connectivity index (χ2v) is 4.80. The Morgan fingerprint density at radius 3 is 2.65 bits per heavy atom. The van der Waals surface area contributed by atoms with E-state index < -0.39 is 23.8 Å². The Morgan fingerprint density at radius 1 is 1.30 bits per heavy atom. The molecule has 2 aromatic rings. The number of nitrogens with zero attached hydrogens (tertiary/aromatic N) is 2. The lowest BCUT2D eigenvalue weighted by molar-refractivity contribution is -0.139. The van der Waals surface area contributed by atoms with Crippen LogP contribution in [-0.2, 0) is 6.18 Å². The molecule has 1 atom stereocenters. The fourth-order valence-electron chi connectivity index (χ4n) is 2.02. The monoisotopic (exact) mass is 325 g/mol. The van der Waals surface area contributed by atoms with Crippen LogP contribution in [-0.4, -0.2) is 27.5 Å². The van der Waals surface area contributed by atoms with Gasteiger partial charge in [0, 0.05) is 12.7 Å². The number of nitrogens with one attached hydrogen (secondary N) is 1. The number of carbonyl (C=O) groups is 1. The molecule has 0 spiro atoms. The van der Waals surface area contributed by atoms with Gasteiger partial charge in [-0.15, -0.1) is 0 Å². The Balaban J connectivity index is 2.09. The predicted molar refractivity (Wildman–Crippen MR) is 75.5 cm³/mol. The summed E-state index contributed by atoms with van der Waals surface area (Å²) in [4.78, 5) is 19.6. The first-order valence-corrected chi connectivity index (χ1v) is 6.71. The number of aromatic nitrogens is 2. The lowest BCUT2D eigenvalue weighted by atomic mass is 10.0. The maximum absolute atomic E-state index is 12.9. The highest BCUT2D eigenvalue weighted by Gasteiger charge is 2.34. The van der Waals surface area contributed by atoms with E-state index in [0.717, 1.165) is 6.07 Å². The molecule has 0 bridgehead atoms. The van der Waals surface area contributed by atoms with E-state index in [-0.39, 0.29) is 17.8 Å². The highest BCUT2D eigenvalue weighted by molar-refractivity contribution is 5.92. The fourth-order valence-corrected chi connectivity index (χ4v) is 2.02. The summed E-state index contributed by atoms with van der Waals surface area (Å²) in [7, 11) is 0. The molecule has 1 aromatic carbocycles. The van der Waals surface area contributed by atoms with Crippen LogP contribution in [0.3, 0.4) is 0 Å². The SMILES string of the molecule is Cc1nccc(C(=O)NCC(O)c2ccccc2C(F)(F)F)n1. The second kappa shape index (κ2) is 6.74. The van der Waals surface area contributed by atoms with Gasteiger partial charge in [-0.1, -0.05) is 18.2 Å². The molecule has 1 heterocycles. The van der Waals surface area contributed by atoms with Crippen LogP contribution < -0.4 is 5.32 Å². The van der Waals surface area contributed by atoms with Crippen molar-refractivity contribution in [1.82, 2.24) is 15.3 Å². The van der Waals surface area contributed by atoms with Crippen LogP contribution in [0.2, 0.25) is 0 Å². The Hall–Kier alpha value is -2.48. The summed E-state index contributed by atoms with van der Waals surface area (Å²) >= 11 is 0. The lowest BCUT2D eigenvalue weighted by Gasteiger charge is -2.17. The highest BCUT2D eigenvalue weighted by Crippen LogP contribution is 2.34. The van der Waals surface area contributed by atoms with Gasteiger partial charge in [0.25, 0.3) is 5.91 Å². The maximum Gasteiger partial charge on any atom is 0.416 e. The van der Waals surface area contributed by atoms with Gasteiger partial charge >= 0.3 is 6.18 Å². The van der Waals surface area contributed by atoms with E-state index in [2.05, 4.69) is 15.3 Å². The van der Waals surface area contributed by atoms with Gasteiger partial charge in [-0.2, -0.15) is 13.2 Å². The normalized spacial score (nSPS) is 12.7. The minimum absolute atomic E-state index is 0.0776. The average molecular weight is 325 g/mol. The van der Waals surface area contributed by atoms with Crippen LogP contribution >= 0.6 is 0 Å². The summed E-state index contributed by atoms with van der Waals surface area (Å²) in [5.41, 5.74) is -1.15. The van der Waals surface area contributed by atoms with Crippen molar-refractivity contribution in [3.05, 3.63) is 59.2 Å². The van der Waals surface area contributed by atoms with Gasteiger partial charge in [0.1, 0.15) is 11.5 Å². The maximum atomic E-state index is 12.9. The topological polar surface area (TPSA) is 75.1 Å². The number of carbonyl (C=O) groups excluding carboxylic acids is 1. The summed E-state index contributed by atoms with van der Waals surface area (Å²) in [6.45, 7) is 1.24. The second-order valence-electron chi connectivity index (χ2n) is 4.80. The van der Waals surface area contributed by atoms with Gasteiger partial charge in [-0.3, -0.25) is 4.79 Å². The van der Waals surface area contributed by atoms with Crippen molar-refractivity contribution in [2.24, 2.45) is 0 Å². The Bertz CT molecular complexity index is 704. The Labute approximate surface area is 130 Å². The molecule has 0 aliphatic heterocycles. The number of hydrogen-bond acceptors (Lipinski definition) is 4. The molecule has 23 heavy (non-hydrogen) atoms. The number of aryl methyl sites for hydroxylation is 1. The van der Waals surface area contributed by atoms with E-state index in [4.69, 9.17) is 0 Å². The van der Waals surface area contributed by atoms with Crippen LogP contribution in [0.4, 0.5) is 13.2 Å². The van der Waals surface area contributed by atoms with E-state index >= 15 is 0 Å². The summed E-state index contributed by atoms with van der Waals surface area (Å²) in [5.74, 6) is -0.209. The molecule has 5 nitrogen and oxygen atoms in total. The fraction of sp³-hybridized carbons (Fsp3) is 0.267. The first-order valence-electron chi connectivity index (χ1n) is 6.71. The molecule has 1 aromatic heterocycles. The molecule has 0 fully saturated rings. The summed E-state index contributed by atoms with van der Waals surface area (Å²) in [5, 5.41) is 12.3. The molecule has 8 heteroatoms. The van der Waals surface area contributed by atoms with Crippen LogP contribution in [0.25, 0.3) is 0 Å². The summed E-state index contributed by atoms with van der Waals surface area (Å²) in [6.07, 6.45) is -4.67. The quantitative estimate of drug-likeness (QED) is 0.904. The number of aliphatic hydroxyl groups excluding tert-OH is 1. The molecule has 0 saturated heterocycles. The molecule has 2 rings (SSSR count). The molecule has 2 N–H and O–H groups in total. The van der Waals surface area contributed by atoms with Crippen LogP contribution in [0, 0.1) is 6.92 Å². The molecule has 0 aliphatic carbocycles. The van der Waals surface area contributed by atoms with Gasteiger partial charge < -0.3 is 10.4 Å². The molecule has 0 saturated carbocycles. The number of halogens is 3.